The van der Waals surface area contributed by atoms with Gasteiger partial charge < -0.3 is 4.98 Å². The van der Waals surface area contributed by atoms with Crippen LogP contribution in [0.4, 0.5) is 0 Å². The molecule has 4 nitrogen and oxygen atoms in total. The zero-order chi connectivity index (χ0) is 14.3. The van der Waals surface area contributed by atoms with Crippen molar-refractivity contribution < 1.29 is 0 Å². The van der Waals surface area contributed by atoms with Gasteiger partial charge in [0.25, 0.3) is 11.1 Å². The third kappa shape index (κ3) is 2.00. The molecule has 0 spiro atoms. The number of hydrogen-bond donors (Lipinski definition) is 1. The number of halogens is 1. The van der Waals surface area contributed by atoms with E-state index in [1.165, 1.54) is 10.6 Å². The average molecular weight is 331 g/mol. The zero-order valence-electron chi connectivity index (χ0n) is 10.7. The predicted molar refractivity (Wildman–Crippen MR) is 82.6 cm³/mol. The molecule has 0 saturated heterocycles. The summed E-state index contributed by atoms with van der Waals surface area (Å²) in [5, 5.41) is 0.925. The van der Waals surface area contributed by atoms with Crippen molar-refractivity contribution in [2.45, 2.75) is 6.92 Å². The van der Waals surface area contributed by atoms with Crippen LogP contribution in [-0.4, -0.2) is 9.55 Å². The van der Waals surface area contributed by atoms with E-state index >= 15 is 0 Å². The highest BCUT2D eigenvalue weighted by Gasteiger charge is 2.12. The summed E-state index contributed by atoms with van der Waals surface area (Å²) in [4.78, 5) is 27.1. The number of nitrogens with one attached hydrogen (secondary N) is 1. The number of rotatable bonds is 1. The molecule has 0 bridgehead atoms. The van der Waals surface area contributed by atoms with Gasteiger partial charge in [-0.25, -0.2) is 0 Å². The van der Waals surface area contributed by atoms with Crippen molar-refractivity contribution in [2.75, 3.05) is 0 Å². The van der Waals surface area contributed by atoms with Crippen LogP contribution in [0.15, 0.2) is 56.7 Å². The number of nitrogens with zero attached hydrogens (tertiary/aromatic N) is 1. The van der Waals surface area contributed by atoms with Crippen LogP contribution in [0.25, 0.3) is 16.6 Å². The summed E-state index contributed by atoms with van der Waals surface area (Å²) in [6.07, 6.45) is 1.61. The summed E-state index contributed by atoms with van der Waals surface area (Å²) in [7, 11) is 0. The van der Waals surface area contributed by atoms with Gasteiger partial charge in [0.05, 0.1) is 0 Å². The monoisotopic (exact) mass is 330 g/mol. The molecular formula is C15H11BrN2O2. The van der Waals surface area contributed by atoms with Gasteiger partial charge in [-0.3, -0.25) is 14.2 Å². The van der Waals surface area contributed by atoms with Crippen LogP contribution in [0.1, 0.15) is 5.56 Å². The van der Waals surface area contributed by atoms with E-state index in [1.807, 2.05) is 31.2 Å². The Kier molecular flexibility index (Phi) is 3.06. The van der Waals surface area contributed by atoms with Crippen molar-refractivity contribution in [3.63, 3.8) is 0 Å². The Labute approximate surface area is 122 Å². The second-order valence-electron chi connectivity index (χ2n) is 4.53. The summed E-state index contributed by atoms with van der Waals surface area (Å²) in [6.45, 7) is 1.85. The Balaban J connectivity index is 2.45. The lowest BCUT2D eigenvalue weighted by Gasteiger charge is -2.11. The third-order valence-electron chi connectivity index (χ3n) is 3.27. The number of aromatic amines is 1. The fourth-order valence-corrected chi connectivity index (χ4v) is 2.66. The Morgan fingerprint density at radius 2 is 1.85 bits per heavy atom. The predicted octanol–water partition coefficient (Wildman–Crippen LogP) is 2.75. The third-order valence-corrected chi connectivity index (χ3v) is 3.73. The Morgan fingerprint density at radius 1 is 1.10 bits per heavy atom. The minimum absolute atomic E-state index is 0.239. The lowest BCUT2D eigenvalue weighted by Crippen LogP contribution is -2.25. The zero-order valence-corrected chi connectivity index (χ0v) is 12.3. The summed E-state index contributed by atoms with van der Waals surface area (Å²) >= 11 is 3.32. The molecule has 0 unspecified atom stereocenters. The largest absolute Gasteiger partial charge is 0.320 e. The van der Waals surface area contributed by atoms with Crippen LogP contribution < -0.4 is 11.1 Å². The molecule has 100 valence electrons. The van der Waals surface area contributed by atoms with Gasteiger partial charge in [0.2, 0.25) is 0 Å². The summed E-state index contributed by atoms with van der Waals surface area (Å²) in [5.74, 6) is 0. The maximum absolute atomic E-state index is 12.3. The van der Waals surface area contributed by atoms with Gasteiger partial charge in [-0.1, -0.05) is 18.2 Å². The molecule has 3 aromatic rings. The van der Waals surface area contributed by atoms with Gasteiger partial charge in [-0.15, -0.1) is 0 Å². The van der Waals surface area contributed by atoms with Crippen LogP contribution in [0.3, 0.4) is 0 Å². The molecule has 1 N–H and O–H groups in total. The number of H-pyrrole nitrogens is 1. The maximum atomic E-state index is 12.3. The van der Waals surface area contributed by atoms with E-state index in [0.717, 1.165) is 20.9 Å². The molecule has 0 fully saturated rings. The smallest absolute Gasteiger partial charge is 0.273 e. The Morgan fingerprint density at radius 3 is 2.65 bits per heavy atom. The maximum Gasteiger partial charge on any atom is 0.273 e. The van der Waals surface area contributed by atoms with Crippen LogP contribution in [0, 0.1) is 6.92 Å². The highest BCUT2D eigenvalue weighted by molar-refractivity contribution is 9.10. The first kappa shape index (κ1) is 12.9. The molecule has 0 aliphatic heterocycles. The number of fused-ring (bicyclic) bond motifs is 1. The van der Waals surface area contributed by atoms with Crippen molar-refractivity contribution in [3.05, 3.63) is 73.3 Å². The van der Waals surface area contributed by atoms with Crippen LogP contribution in [0.2, 0.25) is 0 Å². The molecule has 5 heteroatoms. The van der Waals surface area contributed by atoms with Gasteiger partial charge in [0.15, 0.2) is 0 Å². The van der Waals surface area contributed by atoms with E-state index in [4.69, 9.17) is 0 Å². The van der Waals surface area contributed by atoms with E-state index in [2.05, 4.69) is 20.9 Å². The first-order valence-electron chi connectivity index (χ1n) is 6.08. The lowest BCUT2D eigenvalue weighted by atomic mass is 10.1. The second-order valence-corrected chi connectivity index (χ2v) is 5.44. The second kappa shape index (κ2) is 4.76. The van der Waals surface area contributed by atoms with Crippen molar-refractivity contribution in [1.29, 1.82) is 0 Å². The SMILES string of the molecule is Cc1c(-n2cc(Br)ccc2=O)c(=O)[nH]c2ccccc12. The Bertz CT molecular complexity index is 925. The van der Waals surface area contributed by atoms with E-state index in [-0.39, 0.29) is 11.1 Å². The van der Waals surface area contributed by atoms with Crippen LogP contribution in [-0.2, 0) is 0 Å². The summed E-state index contributed by atoms with van der Waals surface area (Å²) in [5.41, 5.74) is 1.39. The van der Waals surface area contributed by atoms with Crippen molar-refractivity contribution >= 4 is 26.8 Å². The van der Waals surface area contributed by atoms with Gasteiger partial charge in [0, 0.05) is 27.6 Å². The number of pyridine rings is 2. The number of hydrogen-bond acceptors (Lipinski definition) is 2. The molecule has 0 amide bonds. The van der Waals surface area contributed by atoms with Crippen LogP contribution >= 0.6 is 15.9 Å². The van der Waals surface area contributed by atoms with E-state index in [9.17, 15) is 9.59 Å². The van der Waals surface area contributed by atoms with E-state index < -0.39 is 0 Å². The molecule has 0 atom stereocenters. The average Bonchev–Trinajstić information content (AvgIpc) is 2.42. The van der Waals surface area contributed by atoms with Gasteiger partial charge in [-0.2, -0.15) is 0 Å². The molecule has 0 aliphatic carbocycles. The number of para-hydroxylation sites is 1. The van der Waals surface area contributed by atoms with Crippen LogP contribution in [0.5, 0.6) is 0 Å². The standard InChI is InChI=1S/C15H11BrN2O2/c1-9-11-4-2-3-5-12(11)17-15(20)14(9)18-8-10(16)6-7-13(18)19/h2-8H,1H3,(H,17,20). The topological polar surface area (TPSA) is 54.9 Å². The molecule has 2 aromatic heterocycles. The minimum Gasteiger partial charge on any atom is -0.320 e. The number of aromatic nitrogens is 2. The normalized spacial score (nSPS) is 10.9. The highest BCUT2D eigenvalue weighted by atomic mass is 79.9. The molecule has 1 aromatic carbocycles. The van der Waals surface area contributed by atoms with Gasteiger partial charge in [-0.05, 0) is 40.5 Å². The fraction of sp³-hybridized carbons (Fsp3) is 0.0667. The van der Waals surface area contributed by atoms with Gasteiger partial charge in [0.1, 0.15) is 5.69 Å². The lowest BCUT2D eigenvalue weighted by molar-refractivity contribution is 0.950. The minimum atomic E-state index is -0.276. The van der Waals surface area contributed by atoms with Crippen molar-refractivity contribution in [1.82, 2.24) is 9.55 Å². The first-order valence-corrected chi connectivity index (χ1v) is 6.87. The Hall–Kier alpha value is -2.14. The quantitative estimate of drug-likeness (QED) is 0.745. The van der Waals surface area contributed by atoms with Gasteiger partial charge >= 0.3 is 0 Å². The molecule has 20 heavy (non-hydrogen) atoms. The van der Waals surface area contributed by atoms with Crippen molar-refractivity contribution in [2.24, 2.45) is 0 Å². The van der Waals surface area contributed by atoms with E-state index in [0.29, 0.717) is 5.69 Å². The molecule has 0 aliphatic rings. The number of aryl methyl sites for hydroxylation is 1. The molecule has 0 radical (unpaired) electrons. The molecule has 2 heterocycles. The highest BCUT2D eigenvalue weighted by Crippen LogP contribution is 2.19. The number of benzene rings is 1. The fourth-order valence-electron chi connectivity index (χ4n) is 2.32. The first-order chi connectivity index (χ1) is 9.58. The summed E-state index contributed by atoms with van der Waals surface area (Å²) in [6, 6.07) is 10.6. The van der Waals surface area contributed by atoms with Crippen molar-refractivity contribution in [3.8, 4) is 5.69 Å². The molecular weight excluding hydrogens is 320 g/mol. The molecule has 0 saturated carbocycles. The summed E-state index contributed by atoms with van der Waals surface area (Å²) < 4.78 is 2.11. The van der Waals surface area contributed by atoms with E-state index in [1.54, 1.807) is 12.3 Å². The molecule has 3 rings (SSSR count).